The van der Waals surface area contributed by atoms with E-state index in [1.54, 1.807) is 0 Å². The van der Waals surface area contributed by atoms with Crippen LogP contribution in [-0.2, 0) is 0 Å². The molecule has 1 atom stereocenters. The van der Waals surface area contributed by atoms with Crippen LogP contribution in [-0.4, -0.2) is 23.9 Å². The molecule has 0 aliphatic carbocycles. The fourth-order valence-electron chi connectivity index (χ4n) is 2.24. The standard InChI is InChI=1S/C13H18BrNOS/c1-13(2,3)9-4-6-15(8-9)12(16)11-10(14)5-7-17-11/h5,7,9H,4,6,8H2,1-3H3. The van der Waals surface area contributed by atoms with Gasteiger partial charge in [-0.2, -0.15) is 0 Å². The molecule has 1 fully saturated rings. The van der Waals surface area contributed by atoms with Crippen LogP contribution in [0.4, 0.5) is 0 Å². The maximum Gasteiger partial charge on any atom is 0.265 e. The molecule has 1 aliphatic heterocycles. The zero-order valence-corrected chi connectivity index (χ0v) is 12.9. The number of thiophene rings is 1. The third-order valence-electron chi connectivity index (χ3n) is 3.51. The van der Waals surface area contributed by atoms with E-state index < -0.39 is 0 Å². The Hall–Kier alpha value is -0.350. The fraction of sp³-hybridized carbons (Fsp3) is 0.615. The first-order valence-corrected chi connectivity index (χ1v) is 7.59. The molecule has 0 bridgehead atoms. The van der Waals surface area contributed by atoms with Gasteiger partial charge >= 0.3 is 0 Å². The maximum absolute atomic E-state index is 12.3. The average molecular weight is 316 g/mol. The Morgan fingerprint density at radius 1 is 1.53 bits per heavy atom. The lowest BCUT2D eigenvalue weighted by Crippen LogP contribution is -2.30. The zero-order valence-electron chi connectivity index (χ0n) is 10.5. The summed E-state index contributed by atoms with van der Waals surface area (Å²) >= 11 is 4.95. The van der Waals surface area contributed by atoms with E-state index in [2.05, 4.69) is 36.7 Å². The van der Waals surface area contributed by atoms with Crippen molar-refractivity contribution in [3.8, 4) is 0 Å². The molecule has 0 spiro atoms. The summed E-state index contributed by atoms with van der Waals surface area (Å²) in [5.74, 6) is 0.795. The highest BCUT2D eigenvalue weighted by Gasteiger charge is 2.34. The molecule has 0 saturated carbocycles. The molecule has 2 nitrogen and oxygen atoms in total. The molecular formula is C13H18BrNOS. The second-order valence-electron chi connectivity index (χ2n) is 5.70. The Morgan fingerprint density at radius 2 is 2.24 bits per heavy atom. The molecule has 0 aromatic carbocycles. The van der Waals surface area contributed by atoms with Crippen LogP contribution >= 0.6 is 27.3 Å². The first kappa shape index (κ1) is 13.1. The van der Waals surface area contributed by atoms with Crippen LogP contribution in [0.5, 0.6) is 0 Å². The van der Waals surface area contributed by atoms with E-state index in [4.69, 9.17) is 0 Å². The topological polar surface area (TPSA) is 20.3 Å². The predicted molar refractivity (Wildman–Crippen MR) is 75.5 cm³/mol. The zero-order chi connectivity index (χ0) is 12.6. The molecule has 2 rings (SSSR count). The number of halogens is 1. The van der Waals surface area contributed by atoms with E-state index in [1.165, 1.54) is 11.3 Å². The van der Waals surface area contributed by atoms with Crippen molar-refractivity contribution in [2.24, 2.45) is 11.3 Å². The molecule has 1 amide bonds. The summed E-state index contributed by atoms with van der Waals surface area (Å²) in [6.07, 6.45) is 1.12. The van der Waals surface area contributed by atoms with Gasteiger partial charge in [0.2, 0.25) is 0 Å². The minimum Gasteiger partial charge on any atom is -0.338 e. The Kier molecular flexibility index (Phi) is 3.64. The lowest BCUT2D eigenvalue weighted by atomic mass is 9.80. The summed E-state index contributed by atoms with van der Waals surface area (Å²) < 4.78 is 0.923. The molecule has 94 valence electrons. The second-order valence-corrected chi connectivity index (χ2v) is 7.47. The Balaban J connectivity index is 2.07. The van der Waals surface area contributed by atoms with Crippen molar-refractivity contribution in [1.29, 1.82) is 0 Å². The van der Waals surface area contributed by atoms with E-state index in [0.717, 1.165) is 28.9 Å². The predicted octanol–water partition coefficient (Wildman–Crippen LogP) is 4.02. The van der Waals surface area contributed by atoms with Crippen LogP contribution in [0, 0.1) is 11.3 Å². The molecule has 2 heterocycles. The van der Waals surface area contributed by atoms with Gasteiger partial charge in [-0.05, 0) is 45.1 Å². The van der Waals surface area contributed by atoms with Gasteiger partial charge in [0.25, 0.3) is 5.91 Å². The second kappa shape index (κ2) is 4.73. The van der Waals surface area contributed by atoms with Crippen molar-refractivity contribution in [3.63, 3.8) is 0 Å². The van der Waals surface area contributed by atoms with E-state index in [-0.39, 0.29) is 5.91 Å². The lowest BCUT2D eigenvalue weighted by Gasteiger charge is -2.26. The Labute approximate surface area is 115 Å². The van der Waals surface area contributed by atoms with Crippen LogP contribution in [0.25, 0.3) is 0 Å². The highest BCUT2D eigenvalue weighted by molar-refractivity contribution is 9.10. The molecule has 0 radical (unpaired) electrons. The number of hydrogen-bond donors (Lipinski definition) is 0. The summed E-state index contributed by atoms with van der Waals surface area (Å²) in [6.45, 7) is 8.56. The number of amides is 1. The molecule has 0 N–H and O–H groups in total. The minimum absolute atomic E-state index is 0.179. The van der Waals surface area contributed by atoms with Crippen LogP contribution in [0.3, 0.4) is 0 Å². The summed E-state index contributed by atoms with van der Waals surface area (Å²) in [6, 6.07) is 1.94. The largest absolute Gasteiger partial charge is 0.338 e. The maximum atomic E-state index is 12.3. The van der Waals surface area contributed by atoms with E-state index in [1.807, 2.05) is 16.3 Å². The van der Waals surface area contributed by atoms with Gasteiger partial charge in [0.15, 0.2) is 0 Å². The number of nitrogens with zero attached hydrogens (tertiary/aromatic N) is 1. The third-order valence-corrected chi connectivity index (χ3v) is 5.34. The summed E-state index contributed by atoms with van der Waals surface area (Å²) in [5.41, 5.74) is 0.293. The van der Waals surface area contributed by atoms with Crippen molar-refractivity contribution in [2.75, 3.05) is 13.1 Å². The van der Waals surface area contributed by atoms with Gasteiger partial charge in [0, 0.05) is 17.6 Å². The quantitative estimate of drug-likeness (QED) is 0.766. The normalized spacial score (nSPS) is 20.9. The first-order valence-electron chi connectivity index (χ1n) is 5.92. The van der Waals surface area contributed by atoms with Crippen molar-refractivity contribution in [1.82, 2.24) is 4.90 Å². The first-order chi connectivity index (χ1) is 7.89. The monoisotopic (exact) mass is 315 g/mol. The van der Waals surface area contributed by atoms with Gasteiger partial charge in [0.1, 0.15) is 4.88 Å². The Bertz CT molecular complexity index is 421. The molecule has 1 unspecified atom stereocenters. The van der Waals surface area contributed by atoms with Gasteiger partial charge in [-0.3, -0.25) is 4.79 Å². The van der Waals surface area contributed by atoms with E-state index >= 15 is 0 Å². The Morgan fingerprint density at radius 3 is 2.71 bits per heavy atom. The number of likely N-dealkylation sites (tertiary alicyclic amines) is 1. The van der Waals surface area contributed by atoms with Crippen LogP contribution < -0.4 is 0 Å². The van der Waals surface area contributed by atoms with Crippen molar-refractivity contribution >= 4 is 33.2 Å². The van der Waals surface area contributed by atoms with Crippen LogP contribution in [0.2, 0.25) is 0 Å². The molecule has 1 aromatic rings. The van der Waals surface area contributed by atoms with Gasteiger partial charge in [-0.1, -0.05) is 20.8 Å². The number of carbonyl (C=O) groups excluding carboxylic acids is 1. The smallest absolute Gasteiger partial charge is 0.265 e. The molecule has 1 aromatic heterocycles. The highest BCUT2D eigenvalue weighted by atomic mass is 79.9. The SMILES string of the molecule is CC(C)(C)C1CCN(C(=O)c2sccc2Br)C1. The summed E-state index contributed by atoms with van der Waals surface area (Å²) in [4.78, 5) is 15.1. The summed E-state index contributed by atoms with van der Waals surface area (Å²) in [5, 5.41) is 1.95. The molecule has 1 saturated heterocycles. The average Bonchev–Trinajstić information content (AvgIpc) is 2.83. The van der Waals surface area contributed by atoms with Crippen LogP contribution in [0.1, 0.15) is 36.9 Å². The molecule has 1 aliphatic rings. The van der Waals surface area contributed by atoms with Crippen LogP contribution in [0.15, 0.2) is 15.9 Å². The van der Waals surface area contributed by atoms with Crippen molar-refractivity contribution in [2.45, 2.75) is 27.2 Å². The molecule has 17 heavy (non-hydrogen) atoms. The number of hydrogen-bond acceptors (Lipinski definition) is 2. The summed E-state index contributed by atoms with van der Waals surface area (Å²) in [7, 11) is 0. The fourth-order valence-corrected chi connectivity index (χ4v) is 3.75. The lowest BCUT2D eigenvalue weighted by molar-refractivity contribution is 0.0780. The third kappa shape index (κ3) is 2.74. The number of rotatable bonds is 1. The van der Waals surface area contributed by atoms with Gasteiger partial charge in [-0.15, -0.1) is 11.3 Å². The van der Waals surface area contributed by atoms with Gasteiger partial charge in [0.05, 0.1) is 0 Å². The minimum atomic E-state index is 0.179. The van der Waals surface area contributed by atoms with Crippen molar-refractivity contribution in [3.05, 3.63) is 20.8 Å². The van der Waals surface area contributed by atoms with E-state index in [9.17, 15) is 4.79 Å². The number of carbonyl (C=O) groups is 1. The molecule has 4 heteroatoms. The highest BCUT2D eigenvalue weighted by Crippen LogP contribution is 2.35. The van der Waals surface area contributed by atoms with E-state index in [0.29, 0.717) is 11.3 Å². The molecular weight excluding hydrogens is 298 g/mol. The van der Waals surface area contributed by atoms with Gasteiger partial charge < -0.3 is 4.90 Å². The van der Waals surface area contributed by atoms with Crippen molar-refractivity contribution < 1.29 is 4.79 Å². The van der Waals surface area contributed by atoms with Gasteiger partial charge in [-0.25, -0.2) is 0 Å².